The third kappa shape index (κ3) is 3.08. The van der Waals surface area contributed by atoms with E-state index in [0.717, 1.165) is 32.5 Å². The fraction of sp³-hybridized carbons (Fsp3) is 0.625. The Kier molecular flexibility index (Phi) is 4.59. The molecule has 0 aromatic carbocycles. The summed E-state index contributed by atoms with van der Waals surface area (Å²) in [5, 5.41) is 12.3. The second kappa shape index (κ2) is 6.62. The first-order valence-electron chi connectivity index (χ1n) is 8.04. The standard InChI is InChI=1S/C16H25N5O/c1-4-6-21-11-13(9-19-21)8-17-15-5-7-22-16(15)14-10-18-20(3)12(14)2/h9-11,15-17H,4-8H2,1-3H3/t15-,16+/m0/s1. The maximum absolute atomic E-state index is 5.94. The highest BCUT2D eigenvalue weighted by Crippen LogP contribution is 2.31. The lowest BCUT2D eigenvalue weighted by Gasteiger charge is -2.19. The Morgan fingerprint density at radius 2 is 2.23 bits per heavy atom. The molecule has 3 heterocycles. The van der Waals surface area contributed by atoms with Crippen molar-refractivity contribution in [2.24, 2.45) is 7.05 Å². The van der Waals surface area contributed by atoms with Crippen LogP contribution in [0.4, 0.5) is 0 Å². The van der Waals surface area contributed by atoms with Crippen molar-refractivity contribution in [2.45, 2.75) is 51.9 Å². The molecule has 0 unspecified atom stereocenters. The van der Waals surface area contributed by atoms with Crippen LogP contribution in [0.5, 0.6) is 0 Å². The van der Waals surface area contributed by atoms with Gasteiger partial charge in [0.1, 0.15) is 6.10 Å². The van der Waals surface area contributed by atoms with Crippen LogP contribution in [0.25, 0.3) is 0 Å². The van der Waals surface area contributed by atoms with Gasteiger partial charge < -0.3 is 10.1 Å². The van der Waals surface area contributed by atoms with E-state index in [1.54, 1.807) is 0 Å². The van der Waals surface area contributed by atoms with Gasteiger partial charge in [-0.05, 0) is 19.8 Å². The molecule has 0 bridgehead atoms. The zero-order valence-electron chi connectivity index (χ0n) is 13.6. The van der Waals surface area contributed by atoms with Crippen LogP contribution in [0.1, 0.15) is 42.7 Å². The Morgan fingerprint density at radius 3 is 2.95 bits per heavy atom. The molecule has 3 rings (SSSR count). The van der Waals surface area contributed by atoms with E-state index < -0.39 is 0 Å². The maximum Gasteiger partial charge on any atom is 0.101 e. The SMILES string of the molecule is CCCn1cc(CN[C@H]2CCO[C@@H]2c2cnn(C)c2C)cn1. The minimum Gasteiger partial charge on any atom is -0.372 e. The van der Waals surface area contributed by atoms with E-state index in [-0.39, 0.29) is 6.10 Å². The van der Waals surface area contributed by atoms with Gasteiger partial charge in [0.25, 0.3) is 0 Å². The molecule has 2 aromatic rings. The molecule has 0 spiro atoms. The monoisotopic (exact) mass is 303 g/mol. The average Bonchev–Trinajstić information content (AvgIpc) is 3.20. The summed E-state index contributed by atoms with van der Waals surface area (Å²) in [6.07, 6.45) is 8.23. The van der Waals surface area contributed by atoms with Crippen molar-refractivity contribution in [2.75, 3.05) is 6.61 Å². The number of aromatic nitrogens is 4. The van der Waals surface area contributed by atoms with Crippen LogP contribution < -0.4 is 5.32 Å². The Morgan fingerprint density at radius 1 is 1.36 bits per heavy atom. The molecule has 1 aliphatic rings. The molecule has 1 aliphatic heterocycles. The van der Waals surface area contributed by atoms with Crippen LogP contribution in [0, 0.1) is 6.92 Å². The van der Waals surface area contributed by atoms with Gasteiger partial charge >= 0.3 is 0 Å². The molecule has 0 saturated carbocycles. The second-order valence-electron chi connectivity index (χ2n) is 5.99. The molecule has 120 valence electrons. The van der Waals surface area contributed by atoms with Crippen LogP contribution in [0.3, 0.4) is 0 Å². The Balaban J connectivity index is 1.62. The lowest BCUT2D eigenvalue weighted by atomic mass is 10.0. The zero-order chi connectivity index (χ0) is 15.5. The highest BCUT2D eigenvalue weighted by molar-refractivity contribution is 5.22. The highest BCUT2D eigenvalue weighted by atomic mass is 16.5. The lowest BCUT2D eigenvalue weighted by molar-refractivity contribution is 0.0979. The van der Waals surface area contributed by atoms with Crippen molar-refractivity contribution in [3.05, 3.63) is 35.4 Å². The first-order valence-corrected chi connectivity index (χ1v) is 8.04. The third-order valence-corrected chi connectivity index (χ3v) is 4.38. The number of nitrogens with one attached hydrogen (secondary N) is 1. The number of ether oxygens (including phenoxy) is 1. The molecular formula is C16H25N5O. The smallest absolute Gasteiger partial charge is 0.101 e. The predicted octanol–water partition coefficient (Wildman–Crippen LogP) is 1.95. The van der Waals surface area contributed by atoms with Crippen molar-refractivity contribution >= 4 is 0 Å². The summed E-state index contributed by atoms with van der Waals surface area (Å²) in [4.78, 5) is 0. The summed E-state index contributed by atoms with van der Waals surface area (Å²) in [6.45, 7) is 6.86. The molecule has 0 aliphatic carbocycles. The summed E-state index contributed by atoms with van der Waals surface area (Å²) in [5.74, 6) is 0. The normalized spacial score (nSPS) is 21.6. The minimum atomic E-state index is 0.0967. The Hall–Kier alpha value is -1.66. The van der Waals surface area contributed by atoms with E-state index in [0.29, 0.717) is 6.04 Å². The molecule has 2 atom stereocenters. The minimum absolute atomic E-state index is 0.0967. The number of hydrogen-bond donors (Lipinski definition) is 1. The summed E-state index contributed by atoms with van der Waals surface area (Å²) in [5.41, 5.74) is 3.59. The summed E-state index contributed by atoms with van der Waals surface area (Å²) >= 11 is 0. The summed E-state index contributed by atoms with van der Waals surface area (Å²) in [6, 6.07) is 0.331. The number of hydrogen-bond acceptors (Lipinski definition) is 4. The van der Waals surface area contributed by atoms with Crippen LogP contribution in [0.2, 0.25) is 0 Å². The van der Waals surface area contributed by atoms with Crippen molar-refractivity contribution in [3.63, 3.8) is 0 Å². The van der Waals surface area contributed by atoms with E-state index >= 15 is 0 Å². The van der Waals surface area contributed by atoms with Gasteiger partial charge in [0.2, 0.25) is 0 Å². The fourth-order valence-electron chi connectivity index (χ4n) is 3.00. The van der Waals surface area contributed by atoms with E-state index in [4.69, 9.17) is 4.74 Å². The Bertz CT molecular complexity index is 618. The van der Waals surface area contributed by atoms with Crippen LogP contribution in [0.15, 0.2) is 18.6 Å². The zero-order valence-corrected chi connectivity index (χ0v) is 13.6. The molecule has 22 heavy (non-hydrogen) atoms. The van der Waals surface area contributed by atoms with Crippen molar-refractivity contribution in [1.29, 1.82) is 0 Å². The van der Waals surface area contributed by atoms with E-state index in [9.17, 15) is 0 Å². The summed E-state index contributed by atoms with van der Waals surface area (Å²) < 4.78 is 9.85. The molecule has 0 amide bonds. The van der Waals surface area contributed by atoms with Crippen molar-refractivity contribution < 1.29 is 4.74 Å². The molecule has 6 nitrogen and oxygen atoms in total. The van der Waals surface area contributed by atoms with Gasteiger partial charge in [0, 0.05) is 55.8 Å². The van der Waals surface area contributed by atoms with Crippen LogP contribution >= 0.6 is 0 Å². The quantitative estimate of drug-likeness (QED) is 0.886. The number of aryl methyl sites for hydroxylation is 2. The molecule has 1 saturated heterocycles. The van der Waals surface area contributed by atoms with Gasteiger partial charge in [-0.25, -0.2) is 0 Å². The summed E-state index contributed by atoms with van der Waals surface area (Å²) in [7, 11) is 1.97. The molecule has 1 N–H and O–H groups in total. The van der Waals surface area contributed by atoms with Crippen LogP contribution in [-0.4, -0.2) is 32.2 Å². The van der Waals surface area contributed by atoms with E-state index in [2.05, 4.69) is 35.6 Å². The molecule has 6 heteroatoms. The first kappa shape index (κ1) is 15.2. The van der Waals surface area contributed by atoms with E-state index in [1.165, 1.54) is 16.8 Å². The van der Waals surface area contributed by atoms with Gasteiger partial charge in [-0.3, -0.25) is 9.36 Å². The molecule has 0 radical (unpaired) electrons. The van der Waals surface area contributed by atoms with Gasteiger partial charge in [-0.15, -0.1) is 0 Å². The maximum atomic E-state index is 5.94. The number of nitrogens with zero attached hydrogens (tertiary/aromatic N) is 4. The predicted molar refractivity (Wildman–Crippen MR) is 84.4 cm³/mol. The second-order valence-corrected chi connectivity index (χ2v) is 5.99. The van der Waals surface area contributed by atoms with Crippen molar-refractivity contribution in [3.8, 4) is 0 Å². The molecule has 1 fully saturated rings. The molecule has 2 aromatic heterocycles. The van der Waals surface area contributed by atoms with Gasteiger partial charge in [-0.1, -0.05) is 6.92 Å². The van der Waals surface area contributed by atoms with Gasteiger partial charge in [0.15, 0.2) is 0 Å². The van der Waals surface area contributed by atoms with Gasteiger partial charge in [0.05, 0.1) is 12.4 Å². The third-order valence-electron chi connectivity index (χ3n) is 4.38. The first-order chi connectivity index (χ1) is 10.7. The fourth-order valence-corrected chi connectivity index (χ4v) is 3.00. The topological polar surface area (TPSA) is 56.9 Å². The largest absolute Gasteiger partial charge is 0.372 e. The van der Waals surface area contributed by atoms with Gasteiger partial charge in [-0.2, -0.15) is 10.2 Å². The van der Waals surface area contributed by atoms with E-state index in [1.807, 2.05) is 28.8 Å². The average molecular weight is 303 g/mol. The lowest BCUT2D eigenvalue weighted by Crippen LogP contribution is -2.31. The van der Waals surface area contributed by atoms with Crippen LogP contribution in [-0.2, 0) is 24.9 Å². The highest BCUT2D eigenvalue weighted by Gasteiger charge is 2.31. The number of rotatable bonds is 6. The molecular weight excluding hydrogens is 278 g/mol. The van der Waals surface area contributed by atoms with Crippen molar-refractivity contribution in [1.82, 2.24) is 24.9 Å². The Labute approximate surface area is 131 Å².